The summed E-state index contributed by atoms with van der Waals surface area (Å²) < 4.78 is 11.4. The maximum Gasteiger partial charge on any atom is 0.344 e. The van der Waals surface area contributed by atoms with Crippen LogP contribution >= 0.6 is 15.9 Å². The van der Waals surface area contributed by atoms with Gasteiger partial charge in [-0.3, -0.25) is 4.79 Å². The number of esters is 1. The van der Waals surface area contributed by atoms with E-state index in [0.717, 1.165) is 10.9 Å². The monoisotopic (exact) mass is 405 g/mol. The fourth-order valence-electron chi connectivity index (χ4n) is 2.03. The Labute approximate surface area is 155 Å². The fraction of sp³-hybridized carbons (Fsp3) is 0.263. The third-order valence-electron chi connectivity index (χ3n) is 3.48. The molecule has 6 heteroatoms. The number of amides is 1. The van der Waals surface area contributed by atoms with E-state index in [-0.39, 0.29) is 6.61 Å². The van der Waals surface area contributed by atoms with Crippen LogP contribution in [0.2, 0.25) is 0 Å². The van der Waals surface area contributed by atoms with Crippen molar-refractivity contribution in [3.05, 3.63) is 58.6 Å². The first kappa shape index (κ1) is 19.0. The molecule has 0 spiro atoms. The van der Waals surface area contributed by atoms with E-state index >= 15 is 0 Å². The smallest absolute Gasteiger partial charge is 0.344 e. The molecular formula is C19H20BrNO4. The van der Waals surface area contributed by atoms with Crippen LogP contribution < -0.4 is 10.1 Å². The van der Waals surface area contributed by atoms with Gasteiger partial charge in [-0.15, -0.1) is 0 Å². The molecule has 0 unspecified atom stereocenters. The lowest BCUT2D eigenvalue weighted by molar-refractivity contribution is -0.155. The predicted molar refractivity (Wildman–Crippen MR) is 99.6 cm³/mol. The number of aryl methyl sites for hydroxylation is 1. The van der Waals surface area contributed by atoms with E-state index < -0.39 is 18.0 Å². The maximum absolute atomic E-state index is 12.0. The first-order valence-electron chi connectivity index (χ1n) is 7.95. The highest BCUT2D eigenvalue weighted by Gasteiger charge is 2.18. The van der Waals surface area contributed by atoms with Crippen LogP contribution in [0, 0.1) is 0 Å². The van der Waals surface area contributed by atoms with Crippen molar-refractivity contribution in [2.75, 3.05) is 11.9 Å². The van der Waals surface area contributed by atoms with Crippen molar-refractivity contribution in [1.29, 1.82) is 0 Å². The molecule has 2 rings (SSSR count). The number of anilines is 1. The Morgan fingerprint density at radius 1 is 1.08 bits per heavy atom. The van der Waals surface area contributed by atoms with Crippen LogP contribution in [0.15, 0.2) is 53.0 Å². The molecule has 0 bridgehead atoms. The lowest BCUT2D eigenvalue weighted by Crippen LogP contribution is -2.31. The molecule has 0 aromatic heterocycles. The van der Waals surface area contributed by atoms with E-state index in [1.165, 1.54) is 12.5 Å². The minimum Gasteiger partial charge on any atom is -0.482 e. The van der Waals surface area contributed by atoms with Crippen LogP contribution in [0.3, 0.4) is 0 Å². The van der Waals surface area contributed by atoms with Crippen molar-refractivity contribution >= 4 is 33.5 Å². The summed E-state index contributed by atoms with van der Waals surface area (Å²) in [5.41, 5.74) is 1.82. The van der Waals surface area contributed by atoms with Crippen molar-refractivity contribution < 1.29 is 19.1 Å². The summed E-state index contributed by atoms with van der Waals surface area (Å²) in [4.78, 5) is 23.9. The summed E-state index contributed by atoms with van der Waals surface area (Å²) >= 11 is 3.32. The van der Waals surface area contributed by atoms with Crippen LogP contribution in [-0.4, -0.2) is 24.6 Å². The van der Waals surface area contributed by atoms with E-state index in [0.29, 0.717) is 11.4 Å². The van der Waals surface area contributed by atoms with Crippen LogP contribution in [0.5, 0.6) is 5.75 Å². The van der Waals surface area contributed by atoms with Crippen molar-refractivity contribution in [1.82, 2.24) is 0 Å². The highest BCUT2D eigenvalue weighted by molar-refractivity contribution is 9.10. The second-order valence-corrected chi connectivity index (χ2v) is 6.33. The molecule has 132 valence electrons. The molecule has 1 amide bonds. The van der Waals surface area contributed by atoms with Gasteiger partial charge in [0.15, 0.2) is 12.7 Å². The summed E-state index contributed by atoms with van der Waals surface area (Å²) in [6.07, 6.45) is 0.0232. The Morgan fingerprint density at radius 3 is 2.32 bits per heavy atom. The number of hydrogen-bond acceptors (Lipinski definition) is 4. The normalized spacial score (nSPS) is 11.5. The average molecular weight is 406 g/mol. The molecule has 0 saturated carbocycles. The molecule has 0 fully saturated rings. The molecule has 0 heterocycles. The minimum absolute atomic E-state index is 0.249. The third-order valence-corrected chi connectivity index (χ3v) is 4.01. The van der Waals surface area contributed by atoms with Crippen molar-refractivity contribution in [2.24, 2.45) is 0 Å². The molecule has 1 N–H and O–H groups in total. The largest absolute Gasteiger partial charge is 0.482 e. The Balaban J connectivity index is 1.78. The van der Waals surface area contributed by atoms with E-state index in [1.54, 1.807) is 24.3 Å². The van der Waals surface area contributed by atoms with Crippen LogP contribution in [0.4, 0.5) is 5.69 Å². The first-order chi connectivity index (χ1) is 12.0. The van der Waals surface area contributed by atoms with E-state index in [9.17, 15) is 9.59 Å². The van der Waals surface area contributed by atoms with Crippen molar-refractivity contribution in [2.45, 2.75) is 26.4 Å². The number of ether oxygens (including phenoxy) is 2. The zero-order valence-electron chi connectivity index (χ0n) is 14.1. The van der Waals surface area contributed by atoms with Crippen LogP contribution in [0.25, 0.3) is 0 Å². The Kier molecular flexibility index (Phi) is 7.01. The number of carbonyl (C=O) groups is 2. The molecule has 25 heavy (non-hydrogen) atoms. The zero-order chi connectivity index (χ0) is 18.2. The minimum atomic E-state index is -0.915. The number of nitrogens with one attached hydrogen (secondary N) is 1. The van der Waals surface area contributed by atoms with Gasteiger partial charge in [-0.1, -0.05) is 35.0 Å². The standard InChI is InChI=1S/C19H20BrNO4/c1-3-14-4-10-17(11-5-14)24-12-18(22)25-13(2)19(23)21-16-8-6-15(20)7-9-16/h4-11,13H,3,12H2,1-2H3,(H,21,23)/t13-/m0/s1. The van der Waals surface area contributed by atoms with Gasteiger partial charge in [0, 0.05) is 10.2 Å². The van der Waals surface area contributed by atoms with E-state index in [4.69, 9.17) is 9.47 Å². The summed E-state index contributed by atoms with van der Waals surface area (Å²) in [5, 5.41) is 2.68. The van der Waals surface area contributed by atoms with Gasteiger partial charge in [0.1, 0.15) is 5.75 Å². The van der Waals surface area contributed by atoms with Crippen LogP contribution in [0.1, 0.15) is 19.4 Å². The number of rotatable bonds is 7. The molecule has 0 radical (unpaired) electrons. The SMILES string of the molecule is CCc1ccc(OCC(=O)O[C@@H](C)C(=O)Nc2ccc(Br)cc2)cc1. The van der Waals surface area contributed by atoms with Crippen molar-refractivity contribution in [3.63, 3.8) is 0 Å². The summed E-state index contributed by atoms with van der Waals surface area (Å²) in [7, 11) is 0. The van der Waals surface area contributed by atoms with Gasteiger partial charge >= 0.3 is 5.97 Å². The quantitative estimate of drug-likeness (QED) is 0.707. The van der Waals surface area contributed by atoms with Crippen LogP contribution in [-0.2, 0) is 20.7 Å². The van der Waals surface area contributed by atoms with Gasteiger partial charge in [0.05, 0.1) is 0 Å². The lowest BCUT2D eigenvalue weighted by Gasteiger charge is -2.14. The molecule has 2 aromatic rings. The molecule has 0 aliphatic rings. The van der Waals surface area contributed by atoms with E-state index in [1.807, 2.05) is 24.3 Å². The number of halogens is 1. The number of hydrogen-bond donors (Lipinski definition) is 1. The number of benzene rings is 2. The maximum atomic E-state index is 12.0. The van der Waals surface area contributed by atoms with Gasteiger partial charge in [-0.25, -0.2) is 4.79 Å². The fourth-order valence-corrected chi connectivity index (χ4v) is 2.29. The topological polar surface area (TPSA) is 64.6 Å². The highest BCUT2D eigenvalue weighted by atomic mass is 79.9. The molecule has 0 aliphatic heterocycles. The molecular weight excluding hydrogens is 386 g/mol. The molecule has 0 saturated heterocycles. The molecule has 5 nitrogen and oxygen atoms in total. The summed E-state index contributed by atoms with van der Waals surface area (Å²) in [6, 6.07) is 14.6. The van der Waals surface area contributed by atoms with Gasteiger partial charge in [-0.05, 0) is 55.3 Å². The lowest BCUT2D eigenvalue weighted by atomic mass is 10.2. The van der Waals surface area contributed by atoms with Gasteiger partial charge in [0.25, 0.3) is 5.91 Å². The Hall–Kier alpha value is -2.34. The molecule has 0 aliphatic carbocycles. The second-order valence-electron chi connectivity index (χ2n) is 5.41. The van der Waals surface area contributed by atoms with Crippen molar-refractivity contribution in [3.8, 4) is 5.75 Å². The number of carbonyl (C=O) groups excluding carboxylic acids is 2. The summed E-state index contributed by atoms with van der Waals surface area (Å²) in [5.74, 6) is -0.415. The van der Waals surface area contributed by atoms with Gasteiger partial charge in [0.2, 0.25) is 0 Å². The zero-order valence-corrected chi connectivity index (χ0v) is 15.7. The second kappa shape index (κ2) is 9.22. The van der Waals surface area contributed by atoms with Gasteiger partial charge in [-0.2, -0.15) is 0 Å². The molecule has 1 atom stereocenters. The van der Waals surface area contributed by atoms with E-state index in [2.05, 4.69) is 28.2 Å². The Morgan fingerprint density at radius 2 is 1.72 bits per heavy atom. The summed E-state index contributed by atoms with van der Waals surface area (Å²) in [6.45, 7) is 3.33. The van der Waals surface area contributed by atoms with Gasteiger partial charge < -0.3 is 14.8 Å². The molecule has 2 aromatic carbocycles. The first-order valence-corrected chi connectivity index (χ1v) is 8.75. The highest BCUT2D eigenvalue weighted by Crippen LogP contribution is 2.15. The Bertz CT molecular complexity index is 713. The predicted octanol–water partition coefficient (Wildman–Crippen LogP) is 3.96. The average Bonchev–Trinajstić information content (AvgIpc) is 2.62. The third kappa shape index (κ3) is 6.23.